The maximum Gasteiger partial charge on any atom is 0.0935 e. The summed E-state index contributed by atoms with van der Waals surface area (Å²) in [7, 11) is 0. The summed E-state index contributed by atoms with van der Waals surface area (Å²) in [4.78, 5) is 0. The molecule has 1 N–H and O–H groups in total. The second kappa shape index (κ2) is 4.51. The molecule has 0 spiro atoms. The average molecular weight is 223 g/mol. The van der Waals surface area contributed by atoms with Gasteiger partial charge in [0.1, 0.15) is 0 Å². The van der Waals surface area contributed by atoms with Crippen LogP contribution in [-0.4, -0.2) is 5.11 Å². The van der Waals surface area contributed by atoms with Gasteiger partial charge >= 0.3 is 0 Å². The quantitative estimate of drug-likeness (QED) is 0.865. The van der Waals surface area contributed by atoms with E-state index in [1.807, 2.05) is 24.3 Å². The van der Waals surface area contributed by atoms with Crippen LogP contribution >= 0.6 is 11.6 Å². The monoisotopic (exact) mass is 222 g/mol. The summed E-state index contributed by atoms with van der Waals surface area (Å²) in [6, 6.07) is 9.14. The van der Waals surface area contributed by atoms with Crippen molar-refractivity contribution in [1.29, 1.82) is 0 Å². The summed E-state index contributed by atoms with van der Waals surface area (Å²) in [6.45, 7) is 0. The molecule has 1 heterocycles. The van der Waals surface area contributed by atoms with Crippen molar-refractivity contribution in [1.82, 2.24) is 0 Å². The molecule has 78 valence electrons. The topological polar surface area (TPSA) is 33.4 Å². The number of hydrogen-bond acceptors (Lipinski definition) is 2. The fraction of sp³-hybridized carbons (Fsp3) is 0.167. The molecule has 3 heteroatoms. The van der Waals surface area contributed by atoms with Gasteiger partial charge in [-0.15, -0.1) is 0 Å². The van der Waals surface area contributed by atoms with Crippen molar-refractivity contribution >= 4 is 11.6 Å². The van der Waals surface area contributed by atoms with Gasteiger partial charge in [-0.1, -0.05) is 29.8 Å². The number of hydrogen-bond donors (Lipinski definition) is 1. The Morgan fingerprint density at radius 1 is 1.27 bits per heavy atom. The Kier molecular flexibility index (Phi) is 3.09. The van der Waals surface area contributed by atoms with E-state index in [0.29, 0.717) is 11.4 Å². The van der Waals surface area contributed by atoms with Crippen molar-refractivity contribution in [2.24, 2.45) is 0 Å². The second-order valence-corrected chi connectivity index (χ2v) is 3.78. The lowest BCUT2D eigenvalue weighted by atomic mass is 10.0. The first kappa shape index (κ1) is 10.3. The van der Waals surface area contributed by atoms with Crippen LogP contribution in [0.4, 0.5) is 0 Å². The molecule has 2 nitrogen and oxygen atoms in total. The summed E-state index contributed by atoms with van der Waals surface area (Å²) in [5, 5.41) is 10.5. The van der Waals surface area contributed by atoms with Crippen LogP contribution in [0.3, 0.4) is 0 Å². The van der Waals surface area contributed by atoms with Gasteiger partial charge in [-0.2, -0.15) is 0 Å². The van der Waals surface area contributed by atoms with Crippen LogP contribution in [0.25, 0.3) is 0 Å². The van der Waals surface area contributed by atoms with Crippen molar-refractivity contribution in [3.8, 4) is 0 Å². The maximum atomic E-state index is 9.95. The number of rotatable bonds is 3. The van der Waals surface area contributed by atoms with Gasteiger partial charge in [-0.25, -0.2) is 0 Å². The molecule has 0 fully saturated rings. The third-order valence-electron chi connectivity index (χ3n) is 2.27. The molecule has 0 radical (unpaired) electrons. The molecule has 2 rings (SSSR count). The zero-order chi connectivity index (χ0) is 10.7. The lowest BCUT2D eigenvalue weighted by molar-refractivity contribution is 0.178. The van der Waals surface area contributed by atoms with Gasteiger partial charge in [0.15, 0.2) is 0 Å². The molecule has 15 heavy (non-hydrogen) atoms. The SMILES string of the molecule is OC(Cc1ccoc1)c1ccccc1Cl. The van der Waals surface area contributed by atoms with E-state index in [-0.39, 0.29) is 0 Å². The number of aliphatic hydroxyl groups excluding tert-OH is 1. The number of aliphatic hydroxyl groups is 1. The first-order chi connectivity index (χ1) is 7.27. The Labute approximate surface area is 93.1 Å². The number of halogens is 1. The third kappa shape index (κ3) is 2.41. The second-order valence-electron chi connectivity index (χ2n) is 3.37. The Bertz CT molecular complexity index is 423. The molecule has 0 saturated carbocycles. The largest absolute Gasteiger partial charge is 0.472 e. The highest BCUT2D eigenvalue weighted by Gasteiger charge is 2.11. The van der Waals surface area contributed by atoms with Crippen LogP contribution in [-0.2, 0) is 6.42 Å². The fourth-order valence-corrected chi connectivity index (χ4v) is 1.75. The van der Waals surface area contributed by atoms with E-state index in [1.54, 1.807) is 18.6 Å². The molecule has 1 aromatic carbocycles. The molecular weight excluding hydrogens is 212 g/mol. The zero-order valence-electron chi connectivity index (χ0n) is 8.06. The van der Waals surface area contributed by atoms with Crippen molar-refractivity contribution in [2.75, 3.05) is 0 Å². The van der Waals surface area contributed by atoms with Gasteiger partial charge in [0.05, 0.1) is 18.6 Å². The summed E-state index contributed by atoms with van der Waals surface area (Å²) in [6.07, 6.45) is 3.14. The van der Waals surface area contributed by atoms with E-state index in [4.69, 9.17) is 16.0 Å². The highest BCUT2D eigenvalue weighted by molar-refractivity contribution is 6.31. The maximum absolute atomic E-state index is 9.95. The van der Waals surface area contributed by atoms with Crippen molar-refractivity contribution < 1.29 is 9.52 Å². The van der Waals surface area contributed by atoms with Crippen LogP contribution in [0, 0.1) is 0 Å². The van der Waals surface area contributed by atoms with E-state index < -0.39 is 6.10 Å². The van der Waals surface area contributed by atoms with Crippen LogP contribution in [0.2, 0.25) is 5.02 Å². The van der Waals surface area contributed by atoms with E-state index in [0.717, 1.165) is 11.1 Å². The number of furan rings is 1. The minimum Gasteiger partial charge on any atom is -0.472 e. The van der Waals surface area contributed by atoms with Crippen LogP contribution in [0.1, 0.15) is 17.2 Å². The predicted molar refractivity (Wildman–Crippen MR) is 58.8 cm³/mol. The highest BCUT2D eigenvalue weighted by atomic mass is 35.5. The van der Waals surface area contributed by atoms with Crippen LogP contribution in [0.15, 0.2) is 47.3 Å². The molecule has 0 saturated heterocycles. The highest BCUT2D eigenvalue weighted by Crippen LogP contribution is 2.25. The van der Waals surface area contributed by atoms with Crippen LogP contribution < -0.4 is 0 Å². The van der Waals surface area contributed by atoms with Gasteiger partial charge in [0.2, 0.25) is 0 Å². The molecule has 1 unspecified atom stereocenters. The van der Waals surface area contributed by atoms with Gasteiger partial charge < -0.3 is 9.52 Å². The molecule has 2 aromatic rings. The van der Waals surface area contributed by atoms with Crippen molar-refractivity contribution in [3.63, 3.8) is 0 Å². The smallest absolute Gasteiger partial charge is 0.0935 e. The minimum atomic E-state index is -0.587. The molecule has 0 bridgehead atoms. The summed E-state index contributed by atoms with van der Waals surface area (Å²) in [5.74, 6) is 0. The van der Waals surface area contributed by atoms with Crippen molar-refractivity contribution in [2.45, 2.75) is 12.5 Å². The molecular formula is C12H11ClO2. The Morgan fingerprint density at radius 3 is 2.73 bits per heavy atom. The van der Waals surface area contributed by atoms with Gasteiger partial charge in [0, 0.05) is 11.4 Å². The molecule has 0 aliphatic rings. The fourth-order valence-electron chi connectivity index (χ4n) is 1.49. The Morgan fingerprint density at radius 2 is 2.07 bits per heavy atom. The van der Waals surface area contributed by atoms with E-state index in [1.165, 1.54) is 0 Å². The normalized spacial score (nSPS) is 12.7. The minimum absolute atomic E-state index is 0.514. The van der Waals surface area contributed by atoms with E-state index in [2.05, 4.69) is 0 Å². The summed E-state index contributed by atoms with van der Waals surface area (Å²) >= 11 is 5.98. The number of benzene rings is 1. The standard InChI is InChI=1S/C12H11ClO2/c13-11-4-2-1-3-10(11)12(14)7-9-5-6-15-8-9/h1-6,8,12,14H,7H2. The van der Waals surface area contributed by atoms with E-state index >= 15 is 0 Å². The van der Waals surface area contributed by atoms with Crippen molar-refractivity contribution in [3.05, 3.63) is 59.0 Å². The first-order valence-electron chi connectivity index (χ1n) is 4.71. The molecule has 1 atom stereocenters. The van der Waals surface area contributed by atoms with Gasteiger partial charge in [0.25, 0.3) is 0 Å². The lowest BCUT2D eigenvalue weighted by Crippen LogP contribution is -2.01. The molecule has 0 aliphatic heterocycles. The van der Waals surface area contributed by atoms with Gasteiger partial charge in [-0.3, -0.25) is 0 Å². The molecule has 0 aliphatic carbocycles. The van der Waals surface area contributed by atoms with Gasteiger partial charge in [-0.05, 0) is 23.3 Å². The lowest BCUT2D eigenvalue weighted by Gasteiger charge is -2.10. The zero-order valence-corrected chi connectivity index (χ0v) is 8.82. The Hall–Kier alpha value is -1.25. The average Bonchev–Trinajstić information content (AvgIpc) is 2.71. The predicted octanol–water partition coefficient (Wildman–Crippen LogP) is 3.21. The van der Waals surface area contributed by atoms with Crippen LogP contribution in [0.5, 0.6) is 0 Å². The Balaban J connectivity index is 2.15. The van der Waals surface area contributed by atoms with E-state index in [9.17, 15) is 5.11 Å². The summed E-state index contributed by atoms with van der Waals surface area (Å²) < 4.78 is 4.94. The summed E-state index contributed by atoms with van der Waals surface area (Å²) in [5.41, 5.74) is 1.71. The first-order valence-corrected chi connectivity index (χ1v) is 5.09. The third-order valence-corrected chi connectivity index (χ3v) is 2.62. The molecule has 1 aromatic heterocycles. The molecule has 0 amide bonds.